The Morgan fingerprint density at radius 3 is 2.61 bits per heavy atom. The van der Waals surface area contributed by atoms with Crippen molar-refractivity contribution in [2.75, 3.05) is 0 Å². The number of para-hydroxylation sites is 1. The van der Waals surface area contributed by atoms with Gasteiger partial charge >= 0.3 is 5.91 Å². The second-order valence-corrected chi connectivity index (χ2v) is 8.66. The number of hydrogen-bond acceptors (Lipinski definition) is 6. The molecule has 0 bridgehead atoms. The normalized spacial score (nSPS) is 13.3. The Labute approximate surface area is 207 Å². The van der Waals surface area contributed by atoms with Gasteiger partial charge in [0, 0.05) is 18.5 Å². The van der Waals surface area contributed by atoms with Gasteiger partial charge in [-0.15, -0.1) is 0 Å². The van der Waals surface area contributed by atoms with Crippen molar-refractivity contribution in [3.8, 4) is 5.75 Å². The van der Waals surface area contributed by atoms with Crippen molar-refractivity contribution in [1.29, 1.82) is 0 Å². The number of benzene rings is 2. The van der Waals surface area contributed by atoms with Crippen LogP contribution in [-0.4, -0.2) is 21.4 Å². The van der Waals surface area contributed by atoms with E-state index in [0.717, 1.165) is 37.9 Å². The first kappa shape index (κ1) is 23.3. The molecule has 0 aliphatic carbocycles. The van der Waals surface area contributed by atoms with Crippen LogP contribution in [0.4, 0.5) is 0 Å². The maximum atomic E-state index is 13.0. The van der Waals surface area contributed by atoms with Crippen LogP contribution in [0.1, 0.15) is 58.2 Å². The Morgan fingerprint density at radius 2 is 1.75 bits per heavy atom. The second-order valence-electron chi connectivity index (χ2n) is 8.66. The quantitative estimate of drug-likeness (QED) is 0.415. The average Bonchev–Trinajstić information content (AvgIpc) is 3.37. The maximum absolute atomic E-state index is 13.0. The van der Waals surface area contributed by atoms with Gasteiger partial charge in [-0.25, -0.2) is 4.98 Å². The molecule has 9 heteroatoms. The summed E-state index contributed by atoms with van der Waals surface area (Å²) in [6.07, 6.45) is 4.90. The van der Waals surface area contributed by atoms with Crippen LogP contribution >= 0.6 is 0 Å². The van der Waals surface area contributed by atoms with Crippen molar-refractivity contribution >= 4 is 22.7 Å². The third kappa shape index (κ3) is 5.14. The Bertz CT molecular complexity index is 1460. The summed E-state index contributed by atoms with van der Waals surface area (Å²) in [5, 5.41) is 0.473. The molecule has 1 aliphatic heterocycles. The molecule has 0 saturated carbocycles. The van der Waals surface area contributed by atoms with E-state index in [1.165, 1.54) is 6.07 Å². The van der Waals surface area contributed by atoms with Gasteiger partial charge in [-0.1, -0.05) is 31.0 Å². The second kappa shape index (κ2) is 10.5. The number of nitrogens with zero attached hydrogens (tertiary/aromatic N) is 2. The molecule has 9 nitrogen and oxygen atoms in total. The molecular weight excluding hydrogens is 460 g/mol. The number of carbonyl (C=O) groups excluding carboxylic acids is 2. The van der Waals surface area contributed by atoms with Crippen molar-refractivity contribution in [2.24, 2.45) is 0 Å². The van der Waals surface area contributed by atoms with Crippen LogP contribution < -0.4 is 21.1 Å². The van der Waals surface area contributed by atoms with Crippen LogP contribution in [-0.2, 0) is 19.6 Å². The molecule has 0 radical (unpaired) electrons. The lowest BCUT2D eigenvalue weighted by Gasteiger charge is -2.16. The molecule has 0 spiro atoms. The van der Waals surface area contributed by atoms with Gasteiger partial charge in [0.1, 0.15) is 23.9 Å². The minimum Gasteiger partial charge on any atom is -0.486 e. The van der Waals surface area contributed by atoms with Crippen LogP contribution in [0.2, 0.25) is 0 Å². The molecule has 2 aromatic heterocycles. The Hall–Kier alpha value is -4.40. The maximum Gasteiger partial charge on any atom is 0.305 e. The van der Waals surface area contributed by atoms with Gasteiger partial charge in [-0.05, 0) is 55.3 Å². The summed E-state index contributed by atoms with van der Waals surface area (Å²) in [4.78, 5) is 42.7. The number of amides is 2. The largest absolute Gasteiger partial charge is 0.486 e. The Morgan fingerprint density at radius 1 is 0.944 bits per heavy atom. The monoisotopic (exact) mass is 486 g/mol. The van der Waals surface area contributed by atoms with E-state index in [1.54, 1.807) is 28.8 Å². The number of ether oxygens (including phenoxy) is 1. The fourth-order valence-electron chi connectivity index (χ4n) is 4.23. The molecule has 0 saturated heterocycles. The van der Waals surface area contributed by atoms with E-state index in [4.69, 9.17) is 9.15 Å². The standard InChI is InChI=1S/C27H26N4O5/c32-25(29-30-26(33)23-14-12-20(36-23)17-35-19-8-4-3-5-9-19)18-11-13-21-22(16-18)28-24-10-6-1-2-7-15-31(24)27(21)34/h3-5,8-9,11-14,16H,1-2,6-7,10,15,17H2,(H,29,32)(H,30,33). The van der Waals surface area contributed by atoms with Crippen molar-refractivity contribution in [3.63, 3.8) is 0 Å². The molecule has 184 valence electrons. The van der Waals surface area contributed by atoms with E-state index in [2.05, 4.69) is 15.8 Å². The molecule has 3 heterocycles. The number of fused-ring (bicyclic) bond motifs is 2. The first-order valence-corrected chi connectivity index (χ1v) is 12.0. The molecule has 2 aromatic carbocycles. The van der Waals surface area contributed by atoms with Crippen LogP contribution in [0, 0.1) is 0 Å². The van der Waals surface area contributed by atoms with Gasteiger partial charge in [0.25, 0.3) is 11.5 Å². The first-order chi connectivity index (χ1) is 17.6. The summed E-state index contributed by atoms with van der Waals surface area (Å²) in [7, 11) is 0. The van der Waals surface area contributed by atoms with Crippen molar-refractivity contribution < 1.29 is 18.7 Å². The zero-order valence-corrected chi connectivity index (χ0v) is 19.7. The molecule has 4 aromatic rings. The predicted molar refractivity (Wildman–Crippen MR) is 133 cm³/mol. The van der Waals surface area contributed by atoms with E-state index in [-0.39, 0.29) is 23.5 Å². The molecule has 2 N–H and O–H groups in total. The number of nitrogens with one attached hydrogen (secondary N) is 2. The van der Waals surface area contributed by atoms with Gasteiger partial charge in [0.2, 0.25) is 0 Å². The highest BCUT2D eigenvalue weighted by Crippen LogP contribution is 2.17. The molecule has 36 heavy (non-hydrogen) atoms. The number of aryl methyl sites for hydroxylation is 1. The number of hydrogen-bond donors (Lipinski definition) is 2. The molecule has 0 unspecified atom stereocenters. The van der Waals surface area contributed by atoms with Gasteiger partial charge in [0.05, 0.1) is 10.9 Å². The summed E-state index contributed by atoms with van der Waals surface area (Å²) >= 11 is 0. The van der Waals surface area contributed by atoms with E-state index >= 15 is 0 Å². The lowest BCUT2D eigenvalue weighted by Crippen LogP contribution is -2.41. The van der Waals surface area contributed by atoms with Crippen LogP contribution in [0.15, 0.2) is 69.9 Å². The predicted octanol–water partition coefficient (Wildman–Crippen LogP) is 3.76. The van der Waals surface area contributed by atoms with E-state index in [1.807, 2.05) is 30.3 Å². The number of furan rings is 1. The highest BCUT2D eigenvalue weighted by molar-refractivity contribution is 6.00. The molecular formula is C27H26N4O5. The van der Waals surface area contributed by atoms with E-state index < -0.39 is 11.8 Å². The molecule has 0 fully saturated rings. The third-order valence-electron chi connectivity index (χ3n) is 6.13. The van der Waals surface area contributed by atoms with Crippen LogP contribution in [0.5, 0.6) is 5.75 Å². The fraction of sp³-hybridized carbons (Fsp3) is 0.259. The highest BCUT2D eigenvalue weighted by Gasteiger charge is 2.16. The lowest BCUT2D eigenvalue weighted by molar-refractivity contribution is 0.0828. The summed E-state index contributed by atoms with van der Waals surface area (Å²) in [5.41, 5.74) is 5.40. The van der Waals surface area contributed by atoms with Gasteiger partial charge in [-0.3, -0.25) is 29.8 Å². The number of rotatable bonds is 5. The molecule has 5 rings (SSSR count). The SMILES string of the molecule is O=C(NNC(=O)c1ccc(COc2ccccc2)o1)c1ccc2c(=O)n3c(nc2c1)CCCCCC3. The van der Waals surface area contributed by atoms with Gasteiger partial charge < -0.3 is 9.15 Å². The van der Waals surface area contributed by atoms with Crippen molar-refractivity contribution in [2.45, 2.75) is 45.3 Å². The Kier molecular flexibility index (Phi) is 6.79. The number of aromatic nitrogens is 2. The molecule has 0 atom stereocenters. The summed E-state index contributed by atoms with van der Waals surface area (Å²) in [6, 6.07) is 17.1. The topological polar surface area (TPSA) is 115 Å². The smallest absolute Gasteiger partial charge is 0.305 e. The lowest BCUT2D eigenvalue weighted by atomic mass is 10.1. The third-order valence-corrected chi connectivity index (χ3v) is 6.13. The summed E-state index contributed by atoms with van der Waals surface area (Å²) < 4.78 is 12.9. The number of hydrazine groups is 1. The van der Waals surface area contributed by atoms with E-state index in [0.29, 0.717) is 29.0 Å². The average molecular weight is 487 g/mol. The highest BCUT2D eigenvalue weighted by atomic mass is 16.5. The summed E-state index contributed by atoms with van der Waals surface area (Å²) in [6.45, 7) is 0.829. The molecule has 2 amide bonds. The van der Waals surface area contributed by atoms with E-state index in [9.17, 15) is 14.4 Å². The molecule has 1 aliphatic rings. The number of carbonyl (C=O) groups is 2. The zero-order valence-electron chi connectivity index (χ0n) is 19.7. The fourth-order valence-corrected chi connectivity index (χ4v) is 4.23. The van der Waals surface area contributed by atoms with Crippen molar-refractivity contribution in [1.82, 2.24) is 20.4 Å². The van der Waals surface area contributed by atoms with Crippen molar-refractivity contribution in [3.05, 3.63) is 93.9 Å². The Balaban J connectivity index is 1.23. The summed E-state index contributed by atoms with van der Waals surface area (Å²) in [5.74, 6) is 0.811. The minimum absolute atomic E-state index is 0.0359. The van der Waals surface area contributed by atoms with Gasteiger partial charge in [-0.2, -0.15) is 0 Å². The zero-order chi connectivity index (χ0) is 24.9. The van der Waals surface area contributed by atoms with Crippen LogP contribution in [0.3, 0.4) is 0 Å². The minimum atomic E-state index is -0.604. The van der Waals surface area contributed by atoms with Gasteiger partial charge in [0.15, 0.2) is 5.76 Å². The van der Waals surface area contributed by atoms with Crippen LogP contribution in [0.25, 0.3) is 10.9 Å². The first-order valence-electron chi connectivity index (χ1n) is 12.0.